The number of aliphatic hydroxyl groups is 1. The van der Waals surface area contributed by atoms with Crippen LogP contribution in [0.3, 0.4) is 0 Å². The van der Waals surface area contributed by atoms with Crippen LogP contribution in [0.25, 0.3) is 0 Å². The summed E-state index contributed by atoms with van der Waals surface area (Å²) in [6.45, 7) is 0.633. The second-order valence-corrected chi connectivity index (χ2v) is 4.73. The SMILES string of the molecule is O=C1CC(CO)CN1c1ncccc1I. The number of carbonyl (C=O) groups excluding carboxylic acids is 1. The van der Waals surface area contributed by atoms with E-state index in [0.717, 1.165) is 3.57 Å². The number of aliphatic hydroxyl groups excluding tert-OH is 1. The highest BCUT2D eigenvalue weighted by Crippen LogP contribution is 2.26. The molecule has 1 aliphatic rings. The minimum Gasteiger partial charge on any atom is -0.396 e. The van der Waals surface area contributed by atoms with Crippen molar-refractivity contribution in [2.24, 2.45) is 5.92 Å². The van der Waals surface area contributed by atoms with E-state index in [-0.39, 0.29) is 18.4 Å². The number of rotatable bonds is 2. The van der Waals surface area contributed by atoms with Gasteiger partial charge in [0.1, 0.15) is 5.82 Å². The Hall–Kier alpha value is -0.690. The Balaban J connectivity index is 2.25. The van der Waals surface area contributed by atoms with Crippen molar-refractivity contribution in [3.8, 4) is 0 Å². The lowest BCUT2D eigenvalue weighted by molar-refractivity contribution is -0.117. The Morgan fingerprint density at radius 1 is 1.67 bits per heavy atom. The molecular formula is C10H11IN2O2. The summed E-state index contributed by atoms with van der Waals surface area (Å²) in [4.78, 5) is 17.5. The highest BCUT2D eigenvalue weighted by atomic mass is 127. The number of aromatic nitrogens is 1. The second kappa shape index (κ2) is 4.44. The van der Waals surface area contributed by atoms with E-state index in [2.05, 4.69) is 27.6 Å². The van der Waals surface area contributed by atoms with Crippen LogP contribution in [0, 0.1) is 9.49 Å². The lowest BCUT2D eigenvalue weighted by atomic mass is 10.1. The van der Waals surface area contributed by atoms with Crippen molar-refractivity contribution < 1.29 is 9.90 Å². The summed E-state index contributed by atoms with van der Waals surface area (Å²) in [5, 5.41) is 9.02. The molecule has 1 amide bonds. The van der Waals surface area contributed by atoms with Crippen LogP contribution in [0.2, 0.25) is 0 Å². The van der Waals surface area contributed by atoms with Crippen LogP contribution in [-0.4, -0.2) is 29.1 Å². The van der Waals surface area contributed by atoms with Gasteiger partial charge in [-0.2, -0.15) is 0 Å². The van der Waals surface area contributed by atoms with Crippen LogP contribution >= 0.6 is 22.6 Å². The van der Waals surface area contributed by atoms with Crippen molar-refractivity contribution in [2.45, 2.75) is 6.42 Å². The van der Waals surface area contributed by atoms with Crippen molar-refractivity contribution in [3.63, 3.8) is 0 Å². The molecule has 1 saturated heterocycles. The van der Waals surface area contributed by atoms with E-state index in [1.807, 2.05) is 12.1 Å². The highest BCUT2D eigenvalue weighted by molar-refractivity contribution is 14.1. The Kier molecular flexibility index (Phi) is 3.20. The molecule has 1 aromatic heterocycles. The number of anilines is 1. The third-order valence-electron chi connectivity index (χ3n) is 2.46. The number of pyridine rings is 1. The molecule has 1 aliphatic heterocycles. The first-order valence-electron chi connectivity index (χ1n) is 4.74. The average Bonchev–Trinajstić information content (AvgIpc) is 2.60. The number of halogens is 1. The summed E-state index contributed by atoms with van der Waals surface area (Å²) >= 11 is 2.16. The van der Waals surface area contributed by atoms with Crippen LogP contribution in [0.4, 0.5) is 5.82 Å². The lowest BCUT2D eigenvalue weighted by Gasteiger charge is -2.16. The van der Waals surface area contributed by atoms with Gasteiger partial charge >= 0.3 is 0 Å². The van der Waals surface area contributed by atoms with Crippen LogP contribution in [0.15, 0.2) is 18.3 Å². The molecule has 0 aliphatic carbocycles. The number of amides is 1. The number of hydrogen-bond donors (Lipinski definition) is 1. The molecule has 4 nitrogen and oxygen atoms in total. The van der Waals surface area contributed by atoms with Gasteiger partial charge in [0.2, 0.25) is 5.91 Å². The van der Waals surface area contributed by atoms with E-state index in [4.69, 9.17) is 5.11 Å². The Bertz CT molecular complexity index is 383. The largest absolute Gasteiger partial charge is 0.396 e. The summed E-state index contributed by atoms with van der Waals surface area (Å²) in [5.74, 6) is 0.806. The Morgan fingerprint density at radius 3 is 3.07 bits per heavy atom. The van der Waals surface area contributed by atoms with Gasteiger partial charge in [0, 0.05) is 31.7 Å². The summed E-state index contributed by atoms with van der Waals surface area (Å²) in [5.41, 5.74) is 0. The van der Waals surface area contributed by atoms with Crippen molar-refractivity contribution in [1.82, 2.24) is 4.98 Å². The molecule has 5 heteroatoms. The normalized spacial score (nSPS) is 21.1. The van der Waals surface area contributed by atoms with Gasteiger partial charge in [0.25, 0.3) is 0 Å². The minimum atomic E-state index is 0.0469. The minimum absolute atomic E-state index is 0.0469. The summed E-state index contributed by atoms with van der Waals surface area (Å²) < 4.78 is 0.960. The van der Waals surface area contributed by atoms with E-state index in [9.17, 15) is 4.79 Å². The van der Waals surface area contributed by atoms with E-state index in [0.29, 0.717) is 18.8 Å². The van der Waals surface area contributed by atoms with Crippen LogP contribution < -0.4 is 4.90 Å². The van der Waals surface area contributed by atoms with Gasteiger partial charge in [-0.1, -0.05) is 0 Å². The third-order valence-corrected chi connectivity index (χ3v) is 3.30. The zero-order valence-corrected chi connectivity index (χ0v) is 10.2. The van der Waals surface area contributed by atoms with Crippen molar-refractivity contribution in [2.75, 3.05) is 18.1 Å². The molecule has 1 N–H and O–H groups in total. The fourth-order valence-corrected chi connectivity index (χ4v) is 2.32. The first-order chi connectivity index (χ1) is 7.22. The van der Waals surface area contributed by atoms with Crippen LogP contribution in [0.5, 0.6) is 0 Å². The Morgan fingerprint density at radius 2 is 2.47 bits per heavy atom. The molecule has 0 radical (unpaired) electrons. The van der Waals surface area contributed by atoms with Gasteiger partial charge in [-0.05, 0) is 34.7 Å². The molecule has 80 valence electrons. The molecule has 0 aromatic carbocycles. The van der Waals surface area contributed by atoms with Gasteiger partial charge in [0.15, 0.2) is 0 Å². The number of nitrogens with zero attached hydrogens (tertiary/aromatic N) is 2. The zero-order chi connectivity index (χ0) is 10.8. The fourth-order valence-electron chi connectivity index (χ4n) is 1.68. The van der Waals surface area contributed by atoms with Gasteiger partial charge in [-0.25, -0.2) is 4.98 Å². The second-order valence-electron chi connectivity index (χ2n) is 3.57. The zero-order valence-electron chi connectivity index (χ0n) is 8.06. The van der Waals surface area contributed by atoms with E-state index in [1.54, 1.807) is 11.1 Å². The molecule has 2 heterocycles. The lowest BCUT2D eigenvalue weighted by Crippen LogP contribution is -2.26. The Labute approximate surface area is 101 Å². The summed E-state index contributed by atoms with van der Waals surface area (Å²) in [7, 11) is 0. The van der Waals surface area contributed by atoms with E-state index < -0.39 is 0 Å². The smallest absolute Gasteiger partial charge is 0.228 e. The molecule has 0 spiro atoms. The standard InChI is InChI=1S/C10H11IN2O2/c11-8-2-1-3-12-10(8)13-5-7(6-14)4-9(13)15/h1-3,7,14H,4-6H2. The monoisotopic (exact) mass is 318 g/mol. The van der Waals surface area contributed by atoms with Crippen molar-refractivity contribution in [1.29, 1.82) is 0 Å². The molecule has 1 unspecified atom stereocenters. The predicted molar refractivity (Wildman–Crippen MR) is 64.5 cm³/mol. The highest BCUT2D eigenvalue weighted by Gasteiger charge is 2.31. The van der Waals surface area contributed by atoms with Gasteiger partial charge in [-0.15, -0.1) is 0 Å². The topological polar surface area (TPSA) is 53.4 Å². The maximum Gasteiger partial charge on any atom is 0.228 e. The van der Waals surface area contributed by atoms with Gasteiger partial charge < -0.3 is 5.11 Å². The van der Waals surface area contributed by atoms with E-state index >= 15 is 0 Å². The van der Waals surface area contributed by atoms with Gasteiger partial charge in [-0.3, -0.25) is 9.69 Å². The number of hydrogen-bond acceptors (Lipinski definition) is 3. The first-order valence-corrected chi connectivity index (χ1v) is 5.82. The molecule has 0 bridgehead atoms. The first kappa shape index (κ1) is 10.8. The molecule has 1 atom stereocenters. The maximum absolute atomic E-state index is 11.7. The maximum atomic E-state index is 11.7. The third kappa shape index (κ3) is 2.12. The van der Waals surface area contributed by atoms with Crippen LogP contribution in [-0.2, 0) is 4.79 Å². The fraction of sp³-hybridized carbons (Fsp3) is 0.400. The molecular weight excluding hydrogens is 307 g/mol. The molecule has 0 saturated carbocycles. The average molecular weight is 318 g/mol. The molecule has 15 heavy (non-hydrogen) atoms. The summed E-state index contributed by atoms with van der Waals surface area (Å²) in [6.07, 6.45) is 2.10. The van der Waals surface area contributed by atoms with Crippen molar-refractivity contribution >= 4 is 34.3 Å². The predicted octanol–water partition coefficient (Wildman–Crippen LogP) is 1.03. The summed E-state index contributed by atoms with van der Waals surface area (Å²) in [6, 6.07) is 3.76. The van der Waals surface area contributed by atoms with Crippen LogP contribution in [0.1, 0.15) is 6.42 Å². The quantitative estimate of drug-likeness (QED) is 0.829. The van der Waals surface area contributed by atoms with E-state index in [1.165, 1.54) is 0 Å². The van der Waals surface area contributed by atoms with Crippen molar-refractivity contribution in [3.05, 3.63) is 21.9 Å². The molecule has 2 rings (SSSR count). The molecule has 1 fully saturated rings. The number of carbonyl (C=O) groups is 1. The van der Waals surface area contributed by atoms with Gasteiger partial charge in [0.05, 0.1) is 3.57 Å². The molecule has 1 aromatic rings.